The lowest BCUT2D eigenvalue weighted by Crippen LogP contribution is -2.48. The number of anilines is 1. The van der Waals surface area contributed by atoms with Crippen LogP contribution in [0.15, 0.2) is 53.1 Å². The van der Waals surface area contributed by atoms with E-state index in [0.717, 1.165) is 40.6 Å². The molecule has 0 saturated carbocycles. The number of rotatable bonds is 4. The van der Waals surface area contributed by atoms with Gasteiger partial charge in [-0.2, -0.15) is 0 Å². The number of nitrogens with one attached hydrogen (secondary N) is 2. The van der Waals surface area contributed by atoms with E-state index in [1.165, 1.54) is 5.56 Å². The third-order valence-electron chi connectivity index (χ3n) is 5.87. The number of hydrogen-bond acceptors (Lipinski definition) is 3. The Balaban J connectivity index is 1.28. The lowest BCUT2D eigenvalue weighted by Gasteiger charge is -2.32. The van der Waals surface area contributed by atoms with Crippen LogP contribution in [0.2, 0.25) is 0 Å². The maximum absolute atomic E-state index is 12.6. The highest BCUT2D eigenvalue weighted by molar-refractivity contribution is 5.90. The van der Waals surface area contributed by atoms with E-state index >= 15 is 0 Å². The van der Waals surface area contributed by atoms with Gasteiger partial charge in [-0.25, -0.2) is 4.79 Å². The average molecular weight is 405 g/mol. The lowest BCUT2D eigenvalue weighted by atomic mass is 10.0. The van der Waals surface area contributed by atoms with E-state index < -0.39 is 0 Å². The Hall–Kier alpha value is -3.28. The lowest BCUT2D eigenvalue weighted by molar-refractivity contribution is -0.121. The fraction of sp³-hybridized carbons (Fsp3) is 0.333. The van der Waals surface area contributed by atoms with Crippen molar-refractivity contribution in [1.82, 2.24) is 10.2 Å². The van der Waals surface area contributed by atoms with E-state index in [1.54, 1.807) is 11.2 Å². The maximum atomic E-state index is 12.6. The first-order chi connectivity index (χ1) is 14.5. The number of hydrogen-bond donors (Lipinski definition) is 2. The highest BCUT2D eigenvalue weighted by Crippen LogP contribution is 2.27. The summed E-state index contributed by atoms with van der Waals surface area (Å²) < 4.78 is 5.71. The summed E-state index contributed by atoms with van der Waals surface area (Å²) in [6, 6.07) is 13.5. The van der Waals surface area contributed by atoms with Crippen LogP contribution < -0.4 is 10.6 Å². The van der Waals surface area contributed by atoms with Gasteiger partial charge in [0.2, 0.25) is 5.91 Å². The fourth-order valence-electron chi connectivity index (χ4n) is 3.93. The largest absolute Gasteiger partial charge is 0.464 e. The number of carbonyl (C=O) groups is 2. The molecule has 0 bridgehead atoms. The summed E-state index contributed by atoms with van der Waals surface area (Å²) in [5.41, 5.74) is 4.84. The second-order valence-corrected chi connectivity index (χ2v) is 7.95. The molecule has 1 fully saturated rings. The highest BCUT2D eigenvalue weighted by atomic mass is 16.3. The summed E-state index contributed by atoms with van der Waals surface area (Å²) >= 11 is 0. The summed E-state index contributed by atoms with van der Waals surface area (Å²) in [5.74, 6) is -0.0110. The fourth-order valence-corrected chi connectivity index (χ4v) is 3.93. The van der Waals surface area contributed by atoms with E-state index in [2.05, 4.69) is 23.6 Å². The Labute approximate surface area is 176 Å². The molecule has 0 atom stereocenters. The minimum atomic E-state index is -0.0958. The van der Waals surface area contributed by atoms with Crippen LogP contribution in [0.3, 0.4) is 0 Å². The van der Waals surface area contributed by atoms with E-state index in [0.29, 0.717) is 19.5 Å². The first-order valence-electron chi connectivity index (χ1n) is 10.4. The molecule has 2 heterocycles. The molecule has 1 aromatic heterocycles. The van der Waals surface area contributed by atoms with Crippen LogP contribution in [0.1, 0.15) is 29.5 Å². The van der Waals surface area contributed by atoms with Crippen molar-refractivity contribution in [2.24, 2.45) is 0 Å². The van der Waals surface area contributed by atoms with Crippen LogP contribution in [0, 0.1) is 13.8 Å². The number of likely N-dealkylation sites (tertiary alicyclic amines) is 1. The van der Waals surface area contributed by atoms with Crippen LogP contribution in [-0.4, -0.2) is 36.0 Å². The number of urea groups is 1. The SMILES string of the molecule is Cc1ccc2c(CC(=O)NC3CCN(C(=O)Nc4ccccc4)CC3)coc2c1C. The van der Waals surface area contributed by atoms with E-state index in [4.69, 9.17) is 4.42 Å². The van der Waals surface area contributed by atoms with Gasteiger partial charge in [0.15, 0.2) is 0 Å². The number of nitrogens with zero attached hydrogens (tertiary/aromatic N) is 1. The zero-order valence-electron chi connectivity index (χ0n) is 17.4. The van der Waals surface area contributed by atoms with Crippen LogP contribution in [-0.2, 0) is 11.2 Å². The Bertz CT molecular complexity index is 1050. The van der Waals surface area contributed by atoms with Gasteiger partial charge in [-0.05, 0) is 49.9 Å². The number of para-hydroxylation sites is 1. The standard InChI is InChI=1S/C24H27N3O3/c1-16-8-9-21-18(15-30-23(21)17(16)2)14-22(28)25-20-10-12-27(13-11-20)24(29)26-19-6-4-3-5-7-19/h3-9,15,20H,10-14H2,1-2H3,(H,25,28)(H,26,29). The number of amides is 3. The molecular weight excluding hydrogens is 378 g/mol. The van der Waals surface area contributed by atoms with Crippen LogP contribution in [0.4, 0.5) is 10.5 Å². The molecule has 4 rings (SSSR count). The predicted molar refractivity (Wildman–Crippen MR) is 118 cm³/mol. The Kier molecular flexibility index (Phi) is 5.74. The van der Waals surface area contributed by atoms with Crippen molar-refractivity contribution in [3.05, 3.63) is 65.4 Å². The number of piperidine rings is 1. The molecule has 0 radical (unpaired) electrons. The van der Waals surface area contributed by atoms with Gasteiger partial charge in [-0.1, -0.05) is 30.3 Å². The van der Waals surface area contributed by atoms with Crippen molar-refractivity contribution in [3.8, 4) is 0 Å². The highest BCUT2D eigenvalue weighted by Gasteiger charge is 2.24. The quantitative estimate of drug-likeness (QED) is 0.675. The van der Waals surface area contributed by atoms with Gasteiger partial charge >= 0.3 is 6.03 Å². The normalized spacial score (nSPS) is 14.7. The molecular formula is C24H27N3O3. The van der Waals surface area contributed by atoms with E-state index in [-0.39, 0.29) is 18.0 Å². The number of benzene rings is 2. The number of aryl methyl sites for hydroxylation is 2. The molecule has 6 nitrogen and oxygen atoms in total. The van der Waals surface area contributed by atoms with Gasteiger partial charge in [0.25, 0.3) is 0 Å². The molecule has 0 unspecified atom stereocenters. The first kappa shape index (κ1) is 20.0. The minimum Gasteiger partial charge on any atom is -0.464 e. The zero-order chi connectivity index (χ0) is 21.1. The van der Waals surface area contributed by atoms with E-state index in [9.17, 15) is 9.59 Å². The Morgan fingerprint density at radius 2 is 1.80 bits per heavy atom. The molecule has 0 aliphatic carbocycles. The summed E-state index contributed by atoms with van der Waals surface area (Å²) in [4.78, 5) is 26.8. The van der Waals surface area contributed by atoms with Crippen molar-refractivity contribution in [2.75, 3.05) is 18.4 Å². The minimum absolute atomic E-state index is 0.0110. The van der Waals surface area contributed by atoms with Gasteiger partial charge in [0.05, 0.1) is 12.7 Å². The molecule has 0 spiro atoms. The predicted octanol–water partition coefficient (Wildman–Crippen LogP) is 4.40. The molecule has 156 valence electrons. The van der Waals surface area contributed by atoms with Gasteiger partial charge in [0.1, 0.15) is 5.58 Å². The first-order valence-corrected chi connectivity index (χ1v) is 10.4. The van der Waals surface area contributed by atoms with Crippen molar-refractivity contribution < 1.29 is 14.0 Å². The maximum Gasteiger partial charge on any atom is 0.321 e. The number of carbonyl (C=O) groups excluding carboxylic acids is 2. The Morgan fingerprint density at radius 1 is 1.07 bits per heavy atom. The summed E-state index contributed by atoms with van der Waals surface area (Å²) in [5, 5.41) is 7.03. The van der Waals surface area contributed by atoms with E-state index in [1.807, 2.05) is 43.3 Å². The monoisotopic (exact) mass is 405 g/mol. The molecule has 1 aliphatic heterocycles. The number of furan rings is 1. The zero-order valence-corrected chi connectivity index (χ0v) is 17.4. The molecule has 2 aromatic carbocycles. The third kappa shape index (κ3) is 4.32. The molecule has 1 saturated heterocycles. The van der Waals surface area contributed by atoms with Crippen LogP contribution >= 0.6 is 0 Å². The van der Waals surface area contributed by atoms with Gasteiger partial charge < -0.3 is 20.0 Å². The molecule has 30 heavy (non-hydrogen) atoms. The van der Waals surface area contributed by atoms with Gasteiger partial charge in [0, 0.05) is 35.8 Å². The van der Waals surface area contributed by atoms with Crippen molar-refractivity contribution in [1.29, 1.82) is 0 Å². The summed E-state index contributed by atoms with van der Waals surface area (Å²) in [6.07, 6.45) is 3.48. The molecule has 1 aliphatic rings. The van der Waals surface area contributed by atoms with Crippen LogP contribution in [0.5, 0.6) is 0 Å². The number of fused-ring (bicyclic) bond motifs is 1. The summed E-state index contributed by atoms with van der Waals surface area (Å²) in [7, 11) is 0. The second kappa shape index (κ2) is 8.61. The molecule has 2 N–H and O–H groups in total. The van der Waals surface area contributed by atoms with Gasteiger partial charge in [-0.15, -0.1) is 0 Å². The van der Waals surface area contributed by atoms with Gasteiger partial charge in [-0.3, -0.25) is 4.79 Å². The molecule has 6 heteroatoms. The smallest absolute Gasteiger partial charge is 0.321 e. The van der Waals surface area contributed by atoms with Crippen molar-refractivity contribution >= 4 is 28.6 Å². The average Bonchev–Trinajstić information content (AvgIpc) is 3.15. The molecule has 3 amide bonds. The Morgan fingerprint density at radius 3 is 2.53 bits per heavy atom. The van der Waals surface area contributed by atoms with Crippen LogP contribution in [0.25, 0.3) is 11.0 Å². The van der Waals surface area contributed by atoms with Crippen molar-refractivity contribution in [3.63, 3.8) is 0 Å². The molecule has 3 aromatic rings. The third-order valence-corrected chi connectivity index (χ3v) is 5.87. The van der Waals surface area contributed by atoms with Crippen molar-refractivity contribution in [2.45, 2.75) is 39.2 Å². The second-order valence-electron chi connectivity index (χ2n) is 7.95. The topological polar surface area (TPSA) is 74.6 Å². The summed E-state index contributed by atoms with van der Waals surface area (Å²) in [6.45, 7) is 5.33.